The van der Waals surface area contributed by atoms with Crippen LogP contribution in [0.5, 0.6) is 0 Å². The summed E-state index contributed by atoms with van der Waals surface area (Å²) in [6.07, 6.45) is 2.44. The van der Waals surface area contributed by atoms with Crippen LogP contribution in [0.2, 0.25) is 5.02 Å². The topological polar surface area (TPSA) is 102 Å². The molecule has 3 aromatic rings. The van der Waals surface area contributed by atoms with Crippen LogP contribution >= 0.6 is 11.6 Å². The normalized spacial score (nSPS) is 10.4. The quantitative estimate of drug-likeness (QED) is 0.532. The summed E-state index contributed by atoms with van der Waals surface area (Å²) in [6.45, 7) is 0. The predicted molar refractivity (Wildman–Crippen MR) is 83.7 cm³/mol. The van der Waals surface area contributed by atoms with Gasteiger partial charge in [0.25, 0.3) is 5.43 Å². The number of aromatic nitrogens is 2. The highest BCUT2D eigenvalue weighted by atomic mass is 35.5. The van der Waals surface area contributed by atoms with Gasteiger partial charge in [0, 0.05) is 22.7 Å². The van der Waals surface area contributed by atoms with Gasteiger partial charge in [-0.15, -0.1) is 0 Å². The molecule has 0 saturated carbocycles. The Hall–Kier alpha value is -3.24. The lowest BCUT2D eigenvalue weighted by Gasteiger charge is -2.08. The Balaban J connectivity index is 2.27. The Kier molecular flexibility index (Phi) is 3.52. The highest BCUT2D eigenvalue weighted by Crippen LogP contribution is 2.23. The molecular formula is C15H7ClN4O3. The first-order valence-corrected chi connectivity index (χ1v) is 6.75. The molecule has 0 saturated heterocycles. The molecule has 0 aliphatic rings. The Bertz CT molecular complexity index is 1050. The summed E-state index contributed by atoms with van der Waals surface area (Å²) in [5.74, 6) is 0.291. The molecule has 0 radical (unpaired) electrons. The monoisotopic (exact) mass is 326 g/mol. The molecule has 0 N–H and O–H groups in total. The number of pyridine rings is 2. The predicted octanol–water partition coefficient (Wildman–Crippen LogP) is 2.82. The van der Waals surface area contributed by atoms with Gasteiger partial charge in [-0.1, -0.05) is 11.6 Å². The van der Waals surface area contributed by atoms with E-state index in [1.807, 2.05) is 6.07 Å². The van der Waals surface area contributed by atoms with Crippen molar-refractivity contribution in [3.63, 3.8) is 0 Å². The minimum atomic E-state index is -0.759. The van der Waals surface area contributed by atoms with Crippen molar-refractivity contribution in [2.24, 2.45) is 0 Å². The molecule has 0 spiro atoms. The number of hydrogen-bond acceptors (Lipinski definition) is 5. The molecule has 0 bridgehead atoms. The van der Waals surface area contributed by atoms with E-state index in [-0.39, 0.29) is 0 Å². The van der Waals surface area contributed by atoms with Crippen molar-refractivity contribution in [1.82, 2.24) is 9.55 Å². The molecule has 2 heterocycles. The first-order chi connectivity index (χ1) is 11.0. The summed E-state index contributed by atoms with van der Waals surface area (Å²) in [5.41, 5.74) is -0.415. The fourth-order valence-corrected chi connectivity index (χ4v) is 2.33. The average molecular weight is 327 g/mol. The fourth-order valence-electron chi connectivity index (χ4n) is 2.16. The Labute approximate surface area is 134 Å². The van der Waals surface area contributed by atoms with Crippen molar-refractivity contribution in [3.8, 4) is 11.9 Å². The van der Waals surface area contributed by atoms with Gasteiger partial charge in [0.2, 0.25) is 0 Å². The lowest BCUT2D eigenvalue weighted by molar-refractivity contribution is -0.386. The van der Waals surface area contributed by atoms with Crippen LogP contribution in [0.4, 0.5) is 5.69 Å². The van der Waals surface area contributed by atoms with E-state index in [1.54, 1.807) is 18.2 Å². The fraction of sp³-hybridized carbons (Fsp3) is 0. The SMILES string of the molecule is N#Cc1cc(-n2ccc(=O)c([N+](=O)[O-])c2)nc2ccc(Cl)cc12. The Morgan fingerprint density at radius 1 is 1.30 bits per heavy atom. The standard InChI is InChI=1S/C15H7ClN4O3/c16-10-1-2-12-11(6-10)9(7-17)5-15(18-12)19-4-3-14(21)13(8-19)20(22)23/h1-6,8H. The van der Waals surface area contributed by atoms with Crippen molar-refractivity contribution in [2.75, 3.05) is 0 Å². The minimum absolute atomic E-state index is 0.291. The Morgan fingerprint density at radius 3 is 2.78 bits per heavy atom. The van der Waals surface area contributed by atoms with Gasteiger partial charge in [-0.25, -0.2) is 4.98 Å². The summed E-state index contributed by atoms with van der Waals surface area (Å²) < 4.78 is 1.33. The van der Waals surface area contributed by atoms with Crippen LogP contribution in [0.3, 0.4) is 0 Å². The van der Waals surface area contributed by atoms with Crippen LogP contribution in [0.1, 0.15) is 5.56 Å². The van der Waals surface area contributed by atoms with Crippen molar-refractivity contribution >= 4 is 28.2 Å². The minimum Gasteiger partial charge on any atom is -0.301 e. The molecule has 112 valence electrons. The van der Waals surface area contributed by atoms with E-state index in [2.05, 4.69) is 4.98 Å². The lowest BCUT2D eigenvalue weighted by Crippen LogP contribution is -2.10. The highest BCUT2D eigenvalue weighted by molar-refractivity contribution is 6.31. The van der Waals surface area contributed by atoms with Crippen LogP contribution < -0.4 is 5.43 Å². The molecule has 23 heavy (non-hydrogen) atoms. The smallest absolute Gasteiger partial charge is 0.301 e. The molecule has 0 atom stereocenters. The summed E-state index contributed by atoms with van der Waals surface area (Å²) >= 11 is 5.93. The van der Waals surface area contributed by atoms with Crippen molar-refractivity contribution in [2.45, 2.75) is 0 Å². The first-order valence-electron chi connectivity index (χ1n) is 6.37. The summed E-state index contributed by atoms with van der Waals surface area (Å²) in [7, 11) is 0. The van der Waals surface area contributed by atoms with Crippen LogP contribution in [0.15, 0.2) is 47.5 Å². The maximum absolute atomic E-state index is 11.5. The van der Waals surface area contributed by atoms with Crippen LogP contribution in [-0.4, -0.2) is 14.5 Å². The van der Waals surface area contributed by atoms with Gasteiger partial charge in [-0.3, -0.25) is 14.9 Å². The average Bonchev–Trinajstić information content (AvgIpc) is 2.54. The van der Waals surface area contributed by atoms with E-state index >= 15 is 0 Å². The molecule has 7 nitrogen and oxygen atoms in total. The lowest BCUT2D eigenvalue weighted by atomic mass is 10.1. The van der Waals surface area contributed by atoms with Crippen molar-refractivity contribution < 1.29 is 4.92 Å². The van der Waals surface area contributed by atoms with E-state index in [4.69, 9.17) is 11.6 Å². The second kappa shape index (κ2) is 5.51. The molecule has 8 heteroatoms. The number of halogens is 1. The summed E-state index contributed by atoms with van der Waals surface area (Å²) in [6, 6.07) is 9.52. The number of nitrogens with zero attached hydrogens (tertiary/aromatic N) is 4. The maximum Gasteiger partial charge on any atom is 0.332 e. The van der Waals surface area contributed by atoms with Crippen LogP contribution in [-0.2, 0) is 0 Å². The third kappa shape index (κ3) is 2.63. The first kappa shape index (κ1) is 14.7. The number of rotatable bonds is 2. The third-order valence-electron chi connectivity index (χ3n) is 3.24. The largest absolute Gasteiger partial charge is 0.332 e. The van der Waals surface area contributed by atoms with Gasteiger partial charge in [-0.2, -0.15) is 5.26 Å². The molecule has 0 fully saturated rings. The Morgan fingerprint density at radius 2 is 2.09 bits per heavy atom. The summed E-state index contributed by atoms with van der Waals surface area (Å²) in [4.78, 5) is 26.0. The van der Waals surface area contributed by atoms with E-state index in [0.717, 1.165) is 12.3 Å². The number of nitriles is 1. The molecule has 0 aliphatic carbocycles. The molecular weight excluding hydrogens is 320 g/mol. The number of nitro groups is 1. The zero-order chi connectivity index (χ0) is 16.6. The zero-order valence-corrected chi connectivity index (χ0v) is 12.2. The van der Waals surface area contributed by atoms with Gasteiger partial charge < -0.3 is 4.57 Å². The molecule has 2 aromatic heterocycles. The third-order valence-corrected chi connectivity index (χ3v) is 3.47. The van der Waals surface area contributed by atoms with Crippen LogP contribution in [0.25, 0.3) is 16.7 Å². The van der Waals surface area contributed by atoms with Crippen LogP contribution in [0, 0.1) is 21.4 Å². The second-order valence-electron chi connectivity index (χ2n) is 4.66. The molecule has 0 aliphatic heterocycles. The van der Waals surface area contributed by atoms with Crippen molar-refractivity contribution in [1.29, 1.82) is 5.26 Å². The molecule has 1 aromatic carbocycles. The second-order valence-corrected chi connectivity index (χ2v) is 5.10. The van der Waals surface area contributed by atoms with Crippen molar-refractivity contribution in [3.05, 3.63) is 73.6 Å². The molecule has 3 rings (SSSR count). The number of benzene rings is 1. The van der Waals surface area contributed by atoms with E-state index in [9.17, 15) is 20.2 Å². The van der Waals surface area contributed by atoms with Gasteiger partial charge in [0.05, 0.1) is 28.3 Å². The van der Waals surface area contributed by atoms with Gasteiger partial charge in [0.15, 0.2) is 0 Å². The van der Waals surface area contributed by atoms with E-state index in [1.165, 1.54) is 16.8 Å². The molecule has 0 amide bonds. The number of hydrogen-bond donors (Lipinski definition) is 0. The maximum atomic E-state index is 11.5. The van der Waals surface area contributed by atoms with Gasteiger partial charge in [0.1, 0.15) is 5.82 Å². The van der Waals surface area contributed by atoms with E-state index in [0.29, 0.717) is 27.3 Å². The number of fused-ring (bicyclic) bond motifs is 1. The van der Waals surface area contributed by atoms with Gasteiger partial charge >= 0.3 is 5.69 Å². The summed E-state index contributed by atoms with van der Waals surface area (Å²) in [5, 5.41) is 21.2. The highest BCUT2D eigenvalue weighted by Gasteiger charge is 2.14. The molecule has 0 unspecified atom stereocenters. The van der Waals surface area contributed by atoms with Gasteiger partial charge in [-0.05, 0) is 24.3 Å². The van der Waals surface area contributed by atoms with E-state index < -0.39 is 16.0 Å². The zero-order valence-electron chi connectivity index (χ0n) is 11.4.